The lowest BCUT2D eigenvalue weighted by atomic mass is 10.1. The van der Waals surface area contributed by atoms with E-state index < -0.39 is 0 Å². The molecule has 0 radical (unpaired) electrons. The number of aromatic nitrogens is 2. The Hall–Kier alpha value is -1.39. The first-order valence-electron chi connectivity index (χ1n) is 5.16. The van der Waals surface area contributed by atoms with Crippen molar-refractivity contribution in [2.24, 2.45) is 0 Å². The summed E-state index contributed by atoms with van der Waals surface area (Å²) in [5.74, 6) is 0. The summed E-state index contributed by atoms with van der Waals surface area (Å²) >= 11 is 5.87. The molecule has 0 atom stereocenters. The van der Waals surface area contributed by atoms with Crippen molar-refractivity contribution in [3.8, 4) is 0 Å². The van der Waals surface area contributed by atoms with Gasteiger partial charge < -0.3 is 5.32 Å². The van der Waals surface area contributed by atoms with Gasteiger partial charge in [-0.1, -0.05) is 11.6 Å². The van der Waals surface area contributed by atoms with Gasteiger partial charge in [0.2, 0.25) is 0 Å². The highest BCUT2D eigenvalue weighted by Gasteiger charge is 2.15. The fourth-order valence-electron chi connectivity index (χ4n) is 2.00. The molecule has 0 amide bonds. The van der Waals surface area contributed by atoms with Gasteiger partial charge in [-0.3, -0.25) is 9.20 Å². The van der Waals surface area contributed by atoms with Crippen LogP contribution in [0.15, 0.2) is 23.1 Å². The van der Waals surface area contributed by atoms with E-state index in [1.54, 1.807) is 18.3 Å². The largest absolute Gasteiger partial charge is 0.312 e. The first-order chi connectivity index (χ1) is 7.75. The lowest BCUT2D eigenvalue weighted by molar-refractivity contribution is 0.620. The molecule has 0 spiro atoms. The Morgan fingerprint density at radius 1 is 1.44 bits per heavy atom. The van der Waals surface area contributed by atoms with Crippen molar-refractivity contribution in [1.29, 1.82) is 0 Å². The van der Waals surface area contributed by atoms with E-state index in [1.165, 1.54) is 4.40 Å². The monoisotopic (exact) mass is 235 g/mol. The van der Waals surface area contributed by atoms with Crippen LogP contribution in [0.2, 0.25) is 5.02 Å². The fraction of sp³-hybridized carbons (Fsp3) is 0.273. The van der Waals surface area contributed by atoms with Crippen LogP contribution in [0.4, 0.5) is 0 Å². The van der Waals surface area contributed by atoms with E-state index in [9.17, 15) is 4.79 Å². The van der Waals surface area contributed by atoms with E-state index in [4.69, 9.17) is 11.6 Å². The number of nitrogens with zero attached hydrogens (tertiary/aromatic N) is 2. The standard InChI is InChI=1S/C11H10ClN3O/c12-7-1-2-10-14-9-3-4-13-5-8(9)11(16)15(10)6-7/h1-2,6,13H,3-5H2. The molecule has 0 fully saturated rings. The number of hydrogen-bond acceptors (Lipinski definition) is 3. The predicted molar refractivity (Wildman–Crippen MR) is 61.9 cm³/mol. The molecule has 0 saturated heterocycles. The zero-order valence-corrected chi connectivity index (χ0v) is 9.29. The van der Waals surface area contributed by atoms with Crippen molar-refractivity contribution < 1.29 is 0 Å². The van der Waals surface area contributed by atoms with Crippen LogP contribution in [-0.4, -0.2) is 15.9 Å². The molecule has 0 aromatic carbocycles. The van der Waals surface area contributed by atoms with Crippen LogP contribution >= 0.6 is 11.6 Å². The van der Waals surface area contributed by atoms with Crippen LogP contribution in [-0.2, 0) is 13.0 Å². The first kappa shape index (κ1) is 9.81. The number of hydrogen-bond donors (Lipinski definition) is 1. The Balaban J connectivity index is 2.40. The van der Waals surface area contributed by atoms with Gasteiger partial charge in [0.25, 0.3) is 5.56 Å². The molecule has 1 aliphatic rings. The predicted octanol–water partition coefficient (Wildman–Crippen LogP) is 0.994. The summed E-state index contributed by atoms with van der Waals surface area (Å²) in [7, 11) is 0. The summed E-state index contributed by atoms with van der Waals surface area (Å²) in [6, 6.07) is 3.52. The van der Waals surface area contributed by atoms with Crippen LogP contribution in [0.1, 0.15) is 11.3 Å². The van der Waals surface area contributed by atoms with E-state index >= 15 is 0 Å². The van der Waals surface area contributed by atoms with E-state index in [-0.39, 0.29) is 5.56 Å². The second-order valence-electron chi connectivity index (χ2n) is 3.84. The molecule has 0 aliphatic carbocycles. The van der Waals surface area contributed by atoms with Gasteiger partial charge in [0.05, 0.1) is 16.3 Å². The first-order valence-corrected chi connectivity index (χ1v) is 5.54. The van der Waals surface area contributed by atoms with E-state index in [1.807, 2.05) is 0 Å². The van der Waals surface area contributed by atoms with Crippen molar-refractivity contribution in [1.82, 2.24) is 14.7 Å². The van der Waals surface area contributed by atoms with Crippen molar-refractivity contribution in [2.45, 2.75) is 13.0 Å². The second kappa shape index (κ2) is 3.57. The molecule has 2 aromatic heterocycles. The summed E-state index contributed by atoms with van der Waals surface area (Å²) in [6.07, 6.45) is 2.42. The Labute approximate surface area is 96.9 Å². The topological polar surface area (TPSA) is 46.4 Å². The van der Waals surface area contributed by atoms with Crippen LogP contribution < -0.4 is 10.9 Å². The number of fused-ring (bicyclic) bond motifs is 2. The maximum atomic E-state index is 12.1. The Morgan fingerprint density at radius 3 is 3.19 bits per heavy atom. The molecular weight excluding hydrogens is 226 g/mol. The second-order valence-corrected chi connectivity index (χ2v) is 4.28. The van der Waals surface area contributed by atoms with Crippen LogP contribution in [0.3, 0.4) is 0 Å². The molecule has 1 aliphatic heterocycles. The van der Waals surface area contributed by atoms with Gasteiger partial charge in [-0.2, -0.15) is 0 Å². The van der Waals surface area contributed by atoms with Crippen molar-refractivity contribution in [2.75, 3.05) is 6.54 Å². The highest BCUT2D eigenvalue weighted by Crippen LogP contribution is 2.12. The SMILES string of the molecule is O=c1c2c(nc3ccc(Cl)cn13)CCNC2. The Kier molecular flexibility index (Phi) is 2.19. The molecule has 3 rings (SSSR count). The molecule has 5 heteroatoms. The average Bonchev–Trinajstić information content (AvgIpc) is 2.31. The van der Waals surface area contributed by atoms with Crippen LogP contribution in [0.5, 0.6) is 0 Å². The van der Waals surface area contributed by atoms with Crippen molar-refractivity contribution in [3.05, 3.63) is 45.0 Å². The molecule has 4 nitrogen and oxygen atoms in total. The third-order valence-electron chi connectivity index (χ3n) is 2.81. The zero-order chi connectivity index (χ0) is 11.1. The maximum absolute atomic E-state index is 12.1. The smallest absolute Gasteiger partial charge is 0.262 e. The van der Waals surface area contributed by atoms with Gasteiger partial charge in [-0.25, -0.2) is 4.98 Å². The third kappa shape index (κ3) is 1.42. The van der Waals surface area contributed by atoms with Gasteiger partial charge in [0.15, 0.2) is 0 Å². The van der Waals surface area contributed by atoms with Crippen LogP contribution in [0, 0.1) is 0 Å². The fourth-order valence-corrected chi connectivity index (χ4v) is 2.16. The molecule has 0 bridgehead atoms. The van der Waals surface area contributed by atoms with E-state index in [2.05, 4.69) is 10.3 Å². The number of rotatable bonds is 0. The maximum Gasteiger partial charge on any atom is 0.262 e. The summed E-state index contributed by atoms with van der Waals surface area (Å²) in [5.41, 5.74) is 2.31. The zero-order valence-electron chi connectivity index (χ0n) is 8.53. The summed E-state index contributed by atoms with van der Waals surface area (Å²) in [6.45, 7) is 1.47. The molecule has 0 saturated carbocycles. The van der Waals surface area contributed by atoms with Crippen molar-refractivity contribution in [3.63, 3.8) is 0 Å². The molecule has 16 heavy (non-hydrogen) atoms. The number of nitrogens with one attached hydrogen (secondary N) is 1. The van der Waals surface area contributed by atoms with Crippen LogP contribution in [0.25, 0.3) is 5.65 Å². The number of pyridine rings is 1. The quantitative estimate of drug-likeness (QED) is 0.741. The Bertz CT molecular complexity index is 620. The minimum Gasteiger partial charge on any atom is -0.312 e. The Morgan fingerprint density at radius 2 is 2.31 bits per heavy atom. The van der Waals surface area contributed by atoms with E-state index in [0.717, 1.165) is 24.2 Å². The third-order valence-corrected chi connectivity index (χ3v) is 3.03. The average molecular weight is 236 g/mol. The molecule has 0 unspecified atom stereocenters. The van der Waals surface area contributed by atoms with Gasteiger partial charge in [0, 0.05) is 25.7 Å². The number of halogens is 1. The summed E-state index contributed by atoms with van der Waals surface area (Å²) < 4.78 is 1.51. The highest BCUT2D eigenvalue weighted by atomic mass is 35.5. The summed E-state index contributed by atoms with van der Waals surface area (Å²) in [4.78, 5) is 16.6. The van der Waals surface area contributed by atoms with Gasteiger partial charge in [-0.05, 0) is 12.1 Å². The molecule has 2 aromatic rings. The normalized spacial score (nSPS) is 15.1. The van der Waals surface area contributed by atoms with Gasteiger partial charge in [-0.15, -0.1) is 0 Å². The lowest BCUT2D eigenvalue weighted by Crippen LogP contribution is -2.33. The summed E-state index contributed by atoms with van der Waals surface area (Å²) in [5, 5.41) is 3.72. The van der Waals surface area contributed by atoms with Gasteiger partial charge >= 0.3 is 0 Å². The molecule has 3 heterocycles. The molecule has 1 N–H and O–H groups in total. The molecule has 82 valence electrons. The van der Waals surface area contributed by atoms with E-state index in [0.29, 0.717) is 17.2 Å². The lowest BCUT2D eigenvalue weighted by Gasteiger charge is -2.16. The molecular formula is C11H10ClN3O. The van der Waals surface area contributed by atoms with Gasteiger partial charge in [0.1, 0.15) is 5.65 Å². The highest BCUT2D eigenvalue weighted by molar-refractivity contribution is 6.30. The van der Waals surface area contributed by atoms with Crippen molar-refractivity contribution >= 4 is 17.2 Å². The minimum atomic E-state index is -0.0188. The minimum absolute atomic E-state index is 0.0188.